The molecule has 158 valence electrons. The second-order valence-electron chi connectivity index (χ2n) is 7.24. The Morgan fingerprint density at radius 1 is 0.594 bits per heavy atom. The number of esters is 1. The molecule has 0 fully saturated rings. The second kappa shape index (κ2) is 9.75. The predicted octanol–water partition coefficient (Wildman–Crippen LogP) is 5.87. The molecular weight excluding hydrogens is 400 g/mol. The summed E-state index contributed by atoms with van der Waals surface area (Å²) in [4.78, 5) is 24.4. The Morgan fingerprint density at radius 3 is 1.50 bits per heavy atom. The van der Waals surface area contributed by atoms with Gasteiger partial charge >= 0.3 is 5.97 Å². The van der Waals surface area contributed by atoms with Crippen LogP contribution in [0.1, 0.15) is 43.5 Å². The molecule has 0 aromatic heterocycles. The van der Waals surface area contributed by atoms with Crippen LogP contribution in [0.25, 0.3) is 0 Å². The van der Waals surface area contributed by atoms with Gasteiger partial charge in [0.25, 0.3) is 0 Å². The van der Waals surface area contributed by atoms with Gasteiger partial charge in [-0.15, -0.1) is 0 Å². The van der Waals surface area contributed by atoms with Gasteiger partial charge in [0.15, 0.2) is 5.78 Å². The number of carbonyl (C=O) groups excluding carboxylic acids is 2. The van der Waals surface area contributed by atoms with Crippen LogP contribution in [0.5, 0.6) is 5.75 Å². The summed E-state index contributed by atoms with van der Waals surface area (Å²) >= 11 is 0. The second-order valence-corrected chi connectivity index (χ2v) is 7.24. The van der Waals surface area contributed by atoms with E-state index in [1.165, 1.54) is 7.11 Å². The van der Waals surface area contributed by atoms with E-state index in [0.29, 0.717) is 22.4 Å². The van der Waals surface area contributed by atoms with Crippen LogP contribution in [0.2, 0.25) is 0 Å². The lowest BCUT2D eigenvalue weighted by atomic mass is 10.0. The monoisotopic (exact) mass is 422 g/mol. The van der Waals surface area contributed by atoms with Crippen LogP contribution in [0, 0.1) is 0 Å². The maximum absolute atomic E-state index is 12.8. The van der Waals surface area contributed by atoms with Crippen molar-refractivity contribution in [2.75, 3.05) is 7.11 Å². The van der Waals surface area contributed by atoms with Gasteiger partial charge in [-0.2, -0.15) is 0 Å². The average Bonchev–Trinajstić information content (AvgIpc) is 2.88. The molecule has 0 N–H and O–H groups in total. The number of methoxy groups -OCH3 is 1. The molecule has 0 unspecified atom stereocenters. The van der Waals surface area contributed by atoms with Crippen LogP contribution >= 0.6 is 0 Å². The van der Waals surface area contributed by atoms with Crippen molar-refractivity contribution >= 4 is 11.8 Å². The highest BCUT2D eigenvalue weighted by atomic mass is 16.5. The molecule has 0 spiro atoms. The predicted molar refractivity (Wildman–Crippen MR) is 123 cm³/mol. The molecule has 0 saturated heterocycles. The maximum Gasteiger partial charge on any atom is 0.337 e. The zero-order valence-corrected chi connectivity index (χ0v) is 17.6. The first kappa shape index (κ1) is 21.1. The van der Waals surface area contributed by atoms with E-state index in [4.69, 9.17) is 9.47 Å². The van der Waals surface area contributed by atoms with Crippen LogP contribution in [0.4, 0.5) is 0 Å². The van der Waals surface area contributed by atoms with Gasteiger partial charge in [0, 0.05) is 11.1 Å². The van der Waals surface area contributed by atoms with Crippen LogP contribution in [0.15, 0.2) is 109 Å². The number of hydrogen-bond acceptors (Lipinski definition) is 4. The van der Waals surface area contributed by atoms with Crippen LogP contribution < -0.4 is 4.74 Å². The van der Waals surface area contributed by atoms with E-state index in [0.717, 1.165) is 11.1 Å². The van der Waals surface area contributed by atoms with E-state index in [-0.39, 0.29) is 11.9 Å². The van der Waals surface area contributed by atoms with E-state index in [1.807, 2.05) is 60.7 Å². The Kier molecular flexibility index (Phi) is 6.42. The SMILES string of the molecule is COC(=O)c1ccc(C(=O)c2ccc(OC(c3ccccc3)c3ccccc3)cc2)cc1. The lowest BCUT2D eigenvalue weighted by molar-refractivity contribution is 0.0600. The highest BCUT2D eigenvalue weighted by Crippen LogP contribution is 2.28. The fourth-order valence-corrected chi connectivity index (χ4v) is 3.45. The number of carbonyl (C=O) groups is 2. The Hall–Kier alpha value is -4.18. The van der Waals surface area contributed by atoms with Crippen molar-refractivity contribution < 1.29 is 19.1 Å². The first-order chi connectivity index (χ1) is 15.7. The van der Waals surface area contributed by atoms with Crippen molar-refractivity contribution in [2.45, 2.75) is 6.10 Å². The van der Waals surface area contributed by atoms with Gasteiger partial charge in [-0.3, -0.25) is 4.79 Å². The molecular formula is C28H22O4. The summed E-state index contributed by atoms with van der Waals surface area (Å²) in [6, 6.07) is 33.6. The third kappa shape index (κ3) is 4.76. The number of benzene rings is 4. The van der Waals surface area contributed by atoms with Crippen molar-refractivity contribution in [2.24, 2.45) is 0 Å². The first-order valence-electron chi connectivity index (χ1n) is 10.3. The van der Waals surface area contributed by atoms with Crippen LogP contribution in [-0.2, 0) is 4.74 Å². The van der Waals surface area contributed by atoms with Gasteiger partial charge < -0.3 is 9.47 Å². The minimum Gasteiger partial charge on any atom is -0.481 e. The van der Waals surface area contributed by atoms with E-state index in [2.05, 4.69) is 0 Å². The highest BCUT2D eigenvalue weighted by molar-refractivity contribution is 6.09. The summed E-state index contributed by atoms with van der Waals surface area (Å²) in [6.45, 7) is 0. The highest BCUT2D eigenvalue weighted by Gasteiger charge is 2.16. The quantitative estimate of drug-likeness (QED) is 0.276. The van der Waals surface area contributed by atoms with Crippen molar-refractivity contribution in [1.82, 2.24) is 0 Å². The van der Waals surface area contributed by atoms with E-state index < -0.39 is 5.97 Å². The zero-order chi connectivity index (χ0) is 22.3. The molecule has 4 aromatic carbocycles. The Morgan fingerprint density at radius 2 is 1.03 bits per heavy atom. The van der Waals surface area contributed by atoms with Gasteiger partial charge in [-0.1, -0.05) is 72.8 Å². The van der Waals surface area contributed by atoms with Crippen molar-refractivity contribution in [1.29, 1.82) is 0 Å². The summed E-state index contributed by atoms with van der Waals surface area (Å²) in [5.74, 6) is 0.104. The van der Waals surface area contributed by atoms with E-state index in [1.54, 1.807) is 48.5 Å². The van der Waals surface area contributed by atoms with Crippen LogP contribution in [0.3, 0.4) is 0 Å². The van der Waals surface area contributed by atoms with Gasteiger partial charge in [-0.25, -0.2) is 4.79 Å². The fourth-order valence-electron chi connectivity index (χ4n) is 3.45. The molecule has 0 amide bonds. The van der Waals surface area contributed by atoms with Gasteiger partial charge in [-0.05, 0) is 47.5 Å². The van der Waals surface area contributed by atoms with Gasteiger partial charge in [0.05, 0.1) is 12.7 Å². The van der Waals surface area contributed by atoms with E-state index >= 15 is 0 Å². The summed E-state index contributed by atoms with van der Waals surface area (Å²) in [6.07, 6.45) is -0.259. The molecule has 0 atom stereocenters. The summed E-state index contributed by atoms with van der Waals surface area (Å²) in [5.41, 5.74) is 3.53. The molecule has 4 heteroatoms. The van der Waals surface area contributed by atoms with Crippen molar-refractivity contribution in [3.05, 3.63) is 137 Å². The largest absolute Gasteiger partial charge is 0.481 e. The normalized spacial score (nSPS) is 10.6. The molecule has 0 aliphatic carbocycles. The molecule has 4 aromatic rings. The molecule has 32 heavy (non-hydrogen) atoms. The van der Waals surface area contributed by atoms with Crippen molar-refractivity contribution in [3.8, 4) is 5.75 Å². The molecule has 0 aliphatic rings. The number of rotatable bonds is 7. The summed E-state index contributed by atoms with van der Waals surface area (Å²) in [5, 5.41) is 0. The lowest BCUT2D eigenvalue weighted by Gasteiger charge is -2.20. The third-order valence-corrected chi connectivity index (χ3v) is 5.14. The molecule has 0 bridgehead atoms. The Balaban J connectivity index is 1.53. The third-order valence-electron chi connectivity index (χ3n) is 5.14. The summed E-state index contributed by atoms with van der Waals surface area (Å²) in [7, 11) is 1.32. The molecule has 4 nitrogen and oxygen atoms in total. The molecule has 0 saturated carbocycles. The Labute approximate surface area is 187 Å². The number of ether oxygens (including phenoxy) is 2. The minimum atomic E-state index is -0.433. The van der Waals surface area contributed by atoms with Crippen molar-refractivity contribution in [3.63, 3.8) is 0 Å². The van der Waals surface area contributed by atoms with Gasteiger partial charge in [0.1, 0.15) is 11.9 Å². The Bertz CT molecular complexity index is 1140. The maximum atomic E-state index is 12.8. The fraction of sp³-hybridized carbons (Fsp3) is 0.0714. The van der Waals surface area contributed by atoms with E-state index in [9.17, 15) is 9.59 Å². The molecule has 0 heterocycles. The van der Waals surface area contributed by atoms with Crippen LogP contribution in [-0.4, -0.2) is 18.9 Å². The lowest BCUT2D eigenvalue weighted by Crippen LogP contribution is -2.09. The molecule has 0 radical (unpaired) electrons. The summed E-state index contributed by atoms with van der Waals surface area (Å²) < 4.78 is 11.0. The molecule has 0 aliphatic heterocycles. The standard InChI is InChI=1S/C28H22O4/c1-31-28(30)24-14-12-20(13-15-24)26(29)21-16-18-25(19-17-21)32-27(22-8-4-2-5-9-22)23-10-6-3-7-11-23/h2-19,27H,1H3. The molecule has 4 rings (SSSR count). The smallest absolute Gasteiger partial charge is 0.337 e. The number of hydrogen-bond donors (Lipinski definition) is 0. The topological polar surface area (TPSA) is 52.6 Å². The minimum absolute atomic E-state index is 0.129. The van der Waals surface area contributed by atoms with Gasteiger partial charge in [0.2, 0.25) is 0 Å². The zero-order valence-electron chi connectivity index (χ0n) is 17.6. The average molecular weight is 422 g/mol. The number of ketones is 1. The first-order valence-corrected chi connectivity index (χ1v) is 10.3.